The van der Waals surface area contributed by atoms with Gasteiger partial charge in [-0.2, -0.15) is 20.1 Å². The quantitative estimate of drug-likeness (QED) is 0.423. The number of morpholine rings is 1. The molecule has 10 heteroatoms. The number of nitrogens with one attached hydrogen (secondary N) is 1. The van der Waals surface area contributed by atoms with Gasteiger partial charge in [0.2, 0.25) is 11.9 Å². The number of nitrogens with zero attached hydrogens (tertiary/aromatic N) is 6. The molecular formula is C10H13IN8O. The van der Waals surface area contributed by atoms with E-state index < -0.39 is 0 Å². The minimum absolute atomic E-state index is 0.307. The van der Waals surface area contributed by atoms with E-state index in [-0.39, 0.29) is 0 Å². The van der Waals surface area contributed by atoms with Crippen LogP contribution in [-0.2, 0) is 4.74 Å². The van der Waals surface area contributed by atoms with Crippen LogP contribution < -0.4 is 16.2 Å². The van der Waals surface area contributed by atoms with Gasteiger partial charge in [-0.25, -0.2) is 10.5 Å². The normalized spacial score (nSPS) is 15.4. The van der Waals surface area contributed by atoms with Crippen LogP contribution in [0.3, 0.4) is 0 Å². The maximum Gasteiger partial charge on any atom is 0.257 e. The first-order valence-electron chi connectivity index (χ1n) is 6.02. The van der Waals surface area contributed by atoms with Crippen molar-refractivity contribution in [2.24, 2.45) is 5.84 Å². The lowest BCUT2D eigenvalue weighted by atomic mass is 10.4. The summed E-state index contributed by atoms with van der Waals surface area (Å²) in [6.45, 7) is 2.80. The van der Waals surface area contributed by atoms with Gasteiger partial charge in [-0.05, 0) is 22.6 Å². The van der Waals surface area contributed by atoms with E-state index in [0.717, 1.165) is 16.7 Å². The van der Waals surface area contributed by atoms with Gasteiger partial charge in [0.15, 0.2) is 0 Å². The second kappa shape index (κ2) is 5.85. The summed E-state index contributed by atoms with van der Waals surface area (Å²) < 4.78 is 7.91. The largest absolute Gasteiger partial charge is 0.378 e. The van der Waals surface area contributed by atoms with Crippen molar-refractivity contribution in [2.45, 2.75) is 0 Å². The summed E-state index contributed by atoms with van der Waals surface area (Å²) in [6, 6.07) is 0. The topological polar surface area (TPSA) is 107 Å². The number of hydrazine groups is 1. The number of nitrogens with two attached hydrogens (primary N) is 1. The molecule has 0 spiro atoms. The monoisotopic (exact) mass is 388 g/mol. The van der Waals surface area contributed by atoms with Crippen molar-refractivity contribution in [2.75, 3.05) is 36.6 Å². The van der Waals surface area contributed by atoms with Crippen LogP contribution in [0.5, 0.6) is 0 Å². The Morgan fingerprint density at radius 1 is 1.20 bits per heavy atom. The SMILES string of the molecule is NNc1nc(N2CCOCC2)nc(-n2cc(I)cn2)n1. The van der Waals surface area contributed by atoms with Crippen LogP contribution in [0.25, 0.3) is 5.95 Å². The molecule has 0 aliphatic carbocycles. The van der Waals surface area contributed by atoms with Crippen LogP contribution in [-0.4, -0.2) is 51.0 Å². The fraction of sp³-hybridized carbons (Fsp3) is 0.400. The standard InChI is InChI=1S/C10H13IN8O/c11-7-5-13-19(6-7)10-15-8(17-12)14-9(16-10)18-1-3-20-4-2-18/h5-6H,1-4,12H2,(H,14,15,16,17). The van der Waals surface area contributed by atoms with Crippen LogP contribution in [0, 0.1) is 3.57 Å². The van der Waals surface area contributed by atoms with Crippen LogP contribution in [0.15, 0.2) is 12.4 Å². The maximum atomic E-state index is 5.42. The molecule has 0 aromatic carbocycles. The number of anilines is 2. The Morgan fingerprint density at radius 3 is 2.60 bits per heavy atom. The van der Waals surface area contributed by atoms with Gasteiger partial charge in [-0.15, -0.1) is 0 Å². The van der Waals surface area contributed by atoms with Gasteiger partial charge in [0.25, 0.3) is 5.95 Å². The van der Waals surface area contributed by atoms with Crippen molar-refractivity contribution < 1.29 is 4.74 Å². The van der Waals surface area contributed by atoms with Gasteiger partial charge >= 0.3 is 0 Å². The zero-order valence-corrected chi connectivity index (χ0v) is 12.7. The summed E-state index contributed by atoms with van der Waals surface area (Å²) >= 11 is 2.18. The van der Waals surface area contributed by atoms with Crippen molar-refractivity contribution in [3.05, 3.63) is 16.0 Å². The molecule has 3 heterocycles. The van der Waals surface area contributed by atoms with Gasteiger partial charge in [0, 0.05) is 19.3 Å². The predicted octanol–water partition coefficient (Wildman–Crippen LogP) is -0.216. The van der Waals surface area contributed by atoms with Crippen molar-refractivity contribution in [3.63, 3.8) is 0 Å². The Hall–Kier alpha value is -1.53. The van der Waals surface area contributed by atoms with Crippen LogP contribution in [0.2, 0.25) is 0 Å². The van der Waals surface area contributed by atoms with E-state index in [1.807, 2.05) is 11.1 Å². The average molecular weight is 388 g/mol. The van der Waals surface area contributed by atoms with Crippen LogP contribution in [0.4, 0.5) is 11.9 Å². The van der Waals surface area contributed by atoms with Crippen molar-refractivity contribution in [1.29, 1.82) is 0 Å². The lowest BCUT2D eigenvalue weighted by Gasteiger charge is -2.26. The molecule has 3 rings (SSSR count). The molecule has 0 atom stereocenters. The predicted molar refractivity (Wildman–Crippen MR) is 80.5 cm³/mol. The third-order valence-electron chi connectivity index (χ3n) is 2.79. The average Bonchev–Trinajstić information content (AvgIpc) is 2.94. The van der Waals surface area contributed by atoms with E-state index in [1.165, 1.54) is 0 Å². The van der Waals surface area contributed by atoms with E-state index in [9.17, 15) is 0 Å². The summed E-state index contributed by atoms with van der Waals surface area (Å²) in [5, 5.41) is 4.19. The lowest BCUT2D eigenvalue weighted by molar-refractivity contribution is 0.122. The summed E-state index contributed by atoms with van der Waals surface area (Å²) in [7, 11) is 0. The molecule has 3 N–H and O–H groups in total. The number of hydrogen-bond acceptors (Lipinski definition) is 8. The Kier molecular flexibility index (Phi) is 3.93. The van der Waals surface area contributed by atoms with E-state index >= 15 is 0 Å². The molecule has 106 valence electrons. The molecule has 1 aliphatic rings. The number of hydrogen-bond donors (Lipinski definition) is 2. The highest BCUT2D eigenvalue weighted by molar-refractivity contribution is 14.1. The second-order valence-electron chi connectivity index (χ2n) is 4.11. The molecule has 2 aromatic heterocycles. The lowest BCUT2D eigenvalue weighted by Crippen LogP contribution is -2.37. The summed E-state index contributed by atoms with van der Waals surface area (Å²) in [5.74, 6) is 6.73. The van der Waals surface area contributed by atoms with Crippen molar-refractivity contribution in [3.8, 4) is 5.95 Å². The molecule has 1 aliphatic heterocycles. The number of aromatic nitrogens is 5. The molecule has 1 fully saturated rings. The van der Waals surface area contributed by atoms with Gasteiger partial charge in [0.05, 0.1) is 23.0 Å². The van der Waals surface area contributed by atoms with E-state index in [1.54, 1.807) is 10.9 Å². The smallest absolute Gasteiger partial charge is 0.257 e. The first-order chi connectivity index (χ1) is 9.76. The highest BCUT2D eigenvalue weighted by atomic mass is 127. The fourth-order valence-electron chi connectivity index (χ4n) is 1.84. The highest BCUT2D eigenvalue weighted by Gasteiger charge is 2.17. The third kappa shape index (κ3) is 2.81. The molecule has 20 heavy (non-hydrogen) atoms. The second-order valence-corrected chi connectivity index (χ2v) is 5.35. The molecule has 2 aromatic rings. The molecule has 0 bridgehead atoms. The molecule has 9 nitrogen and oxygen atoms in total. The Morgan fingerprint density at radius 2 is 1.95 bits per heavy atom. The van der Waals surface area contributed by atoms with Crippen LogP contribution >= 0.6 is 22.6 Å². The molecule has 0 unspecified atom stereocenters. The fourth-order valence-corrected chi connectivity index (χ4v) is 2.22. The van der Waals surface area contributed by atoms with Crippen LogP contribution in [0.1, 0.15) is 0 Å². The number of ether oxygens (including phenoxy) is 1. The zero-order valence-electron chi connectivity index (χ0n) is 10.5. The Labute approximate surface area is 128 Å². The zero-order chi connectivity index (χ0) is 13.9. The van der Waals surface area contributed by atoms with E-state index in [4.69, 9.17) is 10.6 Å². The van der Waals surface area contributed by atoms with Crippen molar-refractivity contribution >= 4 is 34.5 Å². The third-order valence-corrected chi connectivity index (χ3v) is 3.35. The number of rotatable bonds is 3. The maximum absolute atomic E-state index is 5.42. The molecule has 0 amide bonds. The molecule has 0 radical (unpaired) electrons. The summed E-state index contributed by atoms with van der Waals surface area (Å²) in [5.41, 5.74) is 2.46. The van der Waals surface area contributed by atoms with Crippen molar-refractivity contribution in [1.82, 2.24) is 24.7 Å². The van der Waals surface area contributed by atoms with E-state index in [0.29, 0.717) is 31.1 Å². The van der Waals surface area contributed by atoms with Gasteiger partial charge in [0.1, 0.15) is 0 Å². The molecule has 0 saturated carbocycles. The van der Waals surface area contributed by atoms with Gasteiger partial charge in [-0.3, -0.25) is 5.43 Å². The summed E-state index contributed by atoms with van der Waals surface area (Å²) in [4.78, 5) is 15.0. The first kappa shape index (κ1) is 13.5. The Bertz CT molecular complexity index is 597. The minimum atomic E-state index is 0.307. The van der Waals surface area contributed by atoms with Gasteiger partial charge < -0.3 is 9.64 Å². The van der Waals surface area contributed by atoms with Gasteiger partial charge in [-0.1, -0.05) is 0 Å². The summed E-state index contributed by atoms with van der Waals surface area (Å²) in [6.07, 6.45) is 3.56. The highest BCUT2D eigenvalue weighted by Crippen LogP contribution is 2.14. The molecular weight excluding hydrogens is 375 g/mol. The molecule has 1 saturated heterocycles. The number of halogens is 1. The Balaban J connectivity index is 1.97. The first-order valence-corrected chi connectivity index (χ1v) is 7.10. The van der Waals surface area contributed by atoms with E-state index in [2.05, 4.69) is 48.1 Å². The minimum Gasteiger partial charge on any atom is -0.378 e. The number of nitrogen functional groups attached to an aromatic ring is 1.